The van der Waals surface area contributed by atoms with Gasteiger partial charge in [-0.3, -0.25) is 0 Å². The highest BCUT2D eigenvalue weighted by molar-refractivity contribution is 5.29. The van der Waals surface area contributed by atoms with Gasteiger partial charge in [0.25, 0.3) is 6.43 Å². The van der Waals surface area contributed by atoms with Gasteiger partial charge in [-0.15, -0.1) is 0 Å². The van der Waals surface area contributed by atoms with Gasteiger partial charge in [-0.2, -0.15) is 13.2 Å². The highest BCUT2D eigenvalue weighted by Crippen LogP contribution is 2.32. The van der Waals surface area contributed by atoms with E-state index in [1.54, 1.807) is 0 Å². The lowest BCUT2D eigenvalue weighted by atomic mass is 10.0. The van der Waals surface area contributed by atoms with Crippen LogP contribution in [0, 0.1) is 5.82 Å². The van der Waals surface area contributed by atoms with Gasteiger partial charge >= 0.3 is 6.18 Å². The van der Waals surface area contributed by atoms with E-state index in [4.69, 9.17) is 0 Å². The average molecular weight is 271 g/mol. The average Bonchev–Trinajstić information content (AvgIpc) is 2.24. The minimum atomic E-state index is -4.70. The summed E-state index contributed by atoms with van der Waals surface area (Å²) in [4.78, 5) is 0. The molecule has 18 heavy (non-hydrogen) atoms. The molecule has 0 saturated heterocycles. The molecule has 0 aliphatic rings. The van der Waals surface area contributed by atoms with Gasteiger partial charge in [0, 0.05) is 5.56 Å². The van der Waals surface area contributed by atoms with Crippen molar-refractivity contribution in [2.75, 3.05) is 6.54 Å². The third-order valence-corrected chi connectivity index (χ3v) is 2.34. The van der Waals surface area contributed by atoms with E-state index in [1.807, 2.05) is 0 Å². The topological polar surface area (TPSA) is 12.0 Å². The van der Waals surface area contributed by atoms with Crippen LogP contribution in [0.1, 0.15) is 24.1 Å². The first-order valence-electron chi connectivity index (χ1n) is 5.15. The minimum absolute atomic E-state index is 0.148. The Kier molecular flexibility index (Phi) is 4.61. The molecule has 1 rings (SSSR count). The Labute approximate surface area is 99.8 Å². The Bertz CT molecular complexity index is 401. The molecule has 1 aromatic rings. The predicted molar refractivity (Wildman–Crippen MR) is 53.8 cm³/mol. The molecule has 0 aromatic heterocycles. The van der Waals surface area contributed by atoms with Crippen molar-refractivity contribution in [1.29, 1.82) is 0 Å². The quantitative estimate of drug-likeness (QED) is 0.822. The van der Waals surface area contributed by atoms with Gasteiger partial charge in [-0.25, -0.2) is 13.2 Å². The number of halogens is 6. The summed E-state index contributed by atoms with van der Waals surface area (Å²) in [5, 5.41) is 2.33. The Morgan fingerprint density at radius 3 is 2.22 bits per heavy atom. The molecule has 0 heterocycles. The molecule has 1 atom stereocenters. The van der Waals surface area contributed by atoms with Crippen LogP contribution in [0.4, 0.5) is 26.3 Å². The summed E-state index contributed by atoms with van der Waals surface area (Å²) in [5.74, 6) is -1.30. The number of nitrogens with one attached hydrogen (secondary N) is 1. The van der Waals surface area contributed by atoms with Crippen LogP contribution < -0.4 is 5.32 Å². The van der Waals surface area contributed by atoms with Crippen LogP contribution in [0.25, 0.3) is 0 Å². The molecule has 1 N–H and O–H groups in total. The summed E-state index contributed by atoms with van der Waals surface area (Å²) in [6.45, 7) is 1.69. The molecule has 0 radical (unpaired) electrons. The van der Waals surface area contributed by atoms with Crippen LogP contribution in [0.2, 0.25) is 0 Å². The predicted octanol–water partition coefficient (Wildman–Crippen LogP) is 3.76. The molecular formula is C11H11F6N. The SMILES string of the molecule is CCN[C@@H](c1ccc(C(F)(F)F)cc1F)C(F)F. The van der Waals surface area contributed by atoms with Gasteiger partial charge in [0.05, 0.1) is 11.6 Å². The van der Waals surface area contributed by atoms with Crippen LogP contribution in [-0.4, -0.2) is 13.0 Å². The highest BCUT2D eigenvalue weighted by Gasteiger charge is 2.32. The minimum Gasteiger partial charge on any atom is -0.305 e. The molecule has 0 amide bonds. The second-order valence-electron chi connectivity index (χ2n) is 3.60. The molecule has 0 bridgehead atoms. The number of hydrogen-bond donors (Lipinski definition) is 1. The summed E-state index contributed by atoms with van der Waals surface area (Å²) in [7, 11) is 0. The molecule has 102 valence electrons. The van der Waals surface area contributed by atoms with Crippen molar-refractivity contribution in [3.05, 3.63) is 35.1 Å². The van der Waals surface area contributed by atoms with E-state index >= 15 is 0 Å². The van der Waals surface area contributed by atoms with E-state index in [0.29, 0.717) is 6.07 Å². The largest absolute Gasteiger partial charge is 0.416 e. The van der Waals surface area contributed by atoms with Gasteiger partial charge in [0.2, 0.25) is 0 Å². The van der Waals surface area contributed by atoms with Gasteiger partial charge in [-0.05, 0) is 18.7 Å². The first-order chi connectivity index (χ1) is 8.27. The molecule has 1 nitrogen and oxygen atoms in total. The highest BCUT2D eigenvalue weighted by atomic mass is 19.4. The summed E-state index contributed by atoms with van der Waals surface area (Å²) >= 11 is 0. The second-order valence-corrected chi connectivity index (χ2v) is 3.60. The molecule has 0 saturated carbocycles. The van der Waals surface area contributed by atoms with Crippen LogP contribution in [-0.2, 0) is 6.18 Å². The fourth-order valence-electron chi connectivity index (χ4n) is 1.51. The zero-order valence-corrected chi connectivity index (χ0v) is 9.36. The summed E-state index contributed by atoms with van der Waals surface area (Å²) in [5.41, 5.74) is -1.67. The monoisotopic (exact) mass is 271 g/mol. The number of hydrogen-bond acceptors (Lipinski definition) is 1. The van der Waals surface area contributed by atoms with Crippen LogP contribution >= 0.6 is 0 Å². The van der Waals surface area contributed by atoms with E-state index in [1.165, 1.54) is 6.92 Å². The van der Waals surface area contributed by atoms with Gasteiger partial charge in [-0.1, -0.05) is 13.0 Å². The molecule has 0 aliphatic carbocycles. The number of benzene rings is 1. The van der Waals surface area contributed by atoms with E-state index in [9.17, 15) is 26.3 Å². The lowest BCUT2D eigenvalue weighted by molar-refractivity contribution is -0.137. The maximum Gasteiger partial charge on any atom is 0.416 e. The molecule has 0 fully saturated rings. The normalized spacial score (nSPS) is 14.0. The summed E-state index contributed by atoms with van der Waals surface area (Å²) in [6.07, 6.45) is -7.60. The van der Waals surface area contributed by atoms with Crippen molar-refractivity contribution in [2.24, 2.45) is 0 Å². The van der Waals surface area contributed by atoms with Crippen molar-refractivity contribution < 1.29 is 26.3 Å². The molecule has 0 spiro atoms. The van der Waals surface area contributed by atoms with Gasteiger partial charge in [0.15, 0.2) is 0 Å². The Morgan fingerprint density at radius 2 is 1.83 bits per heavy atom. The van der Waals surface area contributed by atoms with Crippen LogP contribution in [0.15, 0.2) is 18.2 Å². The molecule has 1 aromatic carbocycles. The molecule has 7 heteroatoms. The van der Waals surface area contributed by atoms with Crippen molar-refractivity contribution in [2.45, 2.75) is 25.6 Å². The lowest BCUT2D eigenvalue weighted by Gasteiger charge is -2.18. The maximum absolute atomic E-state index is 13.4. The first-order valence-corrected chi connectivity index (χ1v) is 5.15. The standard InChI is InChI=1S/C11H11F6N/c1-2-18-9(10(13)14)7-4-3-6(5-8(7)12)11(15,16)17/h3-5,9-10,18H,2H2,1H3/t9-/m0/s1. The Morgan fingerprint density at radius 1 is 1.22 bits per heavy atom. The number of alkyl halides is 5. The van der Waals surface area contributed by atoms with Crippen LogP contribution in [0.3, 0.4) is 0 Å². The Hall–Kier alpha value is -1.24. The van der Waals surface area contributed by atoms with Crippen molar-refractivity contribution >= 4 is 0 Å². The third kappa shape index (κ3) is 3.38. The fraction of sp³-hybridized carbons (Fsp3) is 0.455. The third-order valence-electron chi connectivity index (χ3n) is 2.34. The summed E-state index contributed by atoms with van der Waals surface area (Å²) in [6, 6.07) is -0.0672. The van der Waals surface area contributed by atoms with E-state index in [-0.39, 0.29) is 12.6 Å². The lowest BCUT2D eigenvalue weighted by Crippen LogP contribution is -2.28. The molecular weight excluding hydrogens is 260 g/mol. The molecule has 0 unspecified atom stereocenters. The maximum atomic E-state index is 13.4. The number of rotatable bonds is 4. The molecule has 0 aliphatic heterocycles. The van der Waals surface area contributed by atoms with Crippen molar-refractivity contribution in [1.82, 2.24) is 5.32 Å². The van der Waals surface area contributed by atoms with E-state index in [0.717, 1.165) is 6.07 Å². The smallest absolute Gasteiger partial charge is 0.305 e. The first kappa shape index (κ1) is 14.8. The zero-order valence-electron chi connectivity index (χ0n) is 9.36. The van der Waals surface area contributed by atoms with E-state index in [2.05, 4.69) is 5.32 Å². The fourth-order valence-corrected chi connectivity index (χ4v) is 1.51. The van der Waals surface area contributed by atoms with Crippen molar-refractivity contribution in [3.8, 4) is 0 Å². The van der Waals surface area contributed by atoms with Crippen LogP contribution in [0.5, 0.6) is 0 Å². The zero-order chi connectivity index (χ0) is 13.9. The summed E-state index contributed by atoms with van der Waals surface area (Å²) < 4.78 is 75.5. The van der Waals surface area contributed by atoms with Crippen molar-refractivity contribution in [3.63, 3.8) is 0 Å². The Balaban J connectivity index is 3.11. The van der Waals surface area contributed by atoms with Gasteiger partial charge in [0.1, 0.15) is 5.82 Å². The van der Waals surface area contributed by atoms with Gasteiger partial charge < -0.3 is 5.32 Å². The van der Waals surface area contributed by atoms with E-state index < -0.39 is 35.6 Å². The second kappa shape index (κ2) is 5.60.